The third-order valence-electron chi connectivity index (χ3n) is 4.29. The molecule has 0 fully saturated rings. The predicted octanol–water partition coefficient (Wildman–Crippen LogP) is 4.42. The summed E-state index contributed by atoms with van der Waals surface area (Å²) in [5, 5.41) is 15.1. The smallest absolute Gasteiger partial charge is 0.257 e. The molecule has 3 rings (SSSR count). The minimum absolute atomic E-state index is 0.135. The Kier molecular flexibility index (Phi) is 7.05. The van der Waals surface area contributed by atoms with Crippen LogP contribution in [0.5, 0.6) is 0 Å². The fourth-order valence-corrected chi connectivity index (χ4v) is 3.19. The molecular weight excluding hydrogens is 425 g/mol. The van der Waals surface area contributed by atoms with Crippen LogP contribution in [-0.2, 0) is 0 Å². The lowest BCUT2D eigenvalue weighted by atomic mass is 10.1. The molecule has 1 atom stereocenters. The molecule has 0 saturated heterocycles. The number of amides is 2. The van der Waals surface area contributed by atoms with E-state index in [1.807, 2.05) is 12.1 Å². The Morgan fingerprint density at radius 2 is 1.83 bits per heavy atom. The maximum absolute atomic E-state index is 12.7. The zero-order chi connectivity index (χ0) is 21.7. The molecule has 0 aliphatic heterocycles. The van der Waals surface area contributed by atoms with Crippen molar-refractivity contribution in [1.82, 2.24) is 10.3 Å². The number of carbonyl (C=O) groups is 2. The molecule has 0 bridgehead atoms. The molecule has 0 spiro atoms. The molecule has 30 heavy (non-hydrogen) atoms. The first-order valence-corrected chi connectivity index (χ1v) is 9.88. The van der Waals surface area contributed by atoms with Gasteiger partial charge in [-0.05, 0) is 55.5 Å². The van der Waals surface area contributed by atoms with E-state index in [1.54, 1.807) is 37.4 Å². The van der Waals surface area contributed by atoms with Gasteiger partial charge in [-0.2, -0.15) is 0 Å². The molecule has 3 aromatic rings. The Hall–Kier alpha value is -2.93. The number of hydrogen-bond donors (Lipinski definition) is 3. The number of hydrogen-bond acceptors (Lipinski definition) is 4. The third-order valence-corrected chi connectivity index (χ3v) is 4.93. The second-order valence-electron chi connectivity index (χ2n) is 6.62. The Bertz CT molecular complexity index is 1070. The van der Waals surface area contributed by atoms with Crippen molar-refractivity contribution < 1.29 is 14.7 Å². The number of rotatable bonds is 6. The quantitative estimate of drug-likeness (QED) is 0.525. The lowest BCUT2D eigenvalue weighted by molar-refractivity contribution is 0.0921. The van der Waals surface area contributed by atoms with Gasteiger partial charge in [-0.1, -0.05) is 29.3 Å². The molecule has 0 unspecified atom stereocenters. The van der Waals surface area contributed by atoms with Crippen molar-refractivity contribution >= 4 is 40.7 Å². The molecule has 8 heteroatoms. The number of aliphatic hydroxyl groups is 1. The normalized spacial score (nSPS) is 11.6. The predicted molar refractivity (Wildman–Crippen MR) is 118 cm³/mol. The largest absolute Gasteiger partial charge is 0.394 e. The van der Waals surface area contributed by atoms with Crippen LogP contribution in [0.25, 0.3) is 11.3 Å². The lowest BCUT2D eigenvalue weighted by Crippen LogP contribution is -2.35. The van der Waals surface area contributed by atoms with Crippen molar-refractivity contribution in [3.05, 3.63) is 82.0 Å². The average molecular weight is 444 g/mol. The van der Waals surface area contributed by atoms with Crippen LogP contribution < -0.4 is 10.6 Å². The summed E-state index contributed by atoms with van der Waals surface area (Å²) in [7, 11) is 0. The van der Waals surface area contributed by atoms with Gasteiger partial charge in [-0.3, -0.25) is 14.6 Å². The fraction of sp³-hybridized carbons (Fsp3) is 0.136. The van der Waals surface area contributed by atoms with Crippen molar-refractivity contribution in [2.75, 3.05) is 11.9 Å². The molecule has 2 amide bonds. The van der Waals surface area contributed by atoms with E-state index in [1.165, 1.54) is 18.2 Å². The van der Waals surface area contributed by atoms with Gasteiger partial charge in [0, 0.05) is 29.1 Å². The van der Waals surface area contributed by atoms with Crippen molar-refractivity contribution in [2.45, 2.75) is 13.0 Å². The van der Waals surface area contributed by atoms with Crippen LogP contribution in [0.1, 0.15) is 27.6 Å². The number of pyridine rings is 1. The number of aromatic nitrogens is 1. The second kappa shape index (κ2) is 9.71. The van der Waals surface area contributed by atoms with E-state index in [4.69, 9.17) is 28.3 Å². The van der Waals surface area contributed by atoms with E-state index < -0.39 is 11.9 Å². The van der Waals surface area contributed by atoms with Gasteiger partial charge in [0.1, 0.15) is 0 Å². The van der Waals surface area contributed by atoms with E-state index in [9.17, 15) is 9.59 Å². The van der Waals surface area contributed by atoms with Crippen molar-refractivity contribution in [1.29, 1.82) is 0 Å². The summed E-state index contributed by atoms with van der Waals surface area (Å²) in [5.41, 5.74) is 2.41. The average Bonchev–Trinajstić information content (AvgIpc) is 2.75. The van der Waals surface area contributed by atoms with Crippen molar-refractivity contribution in [2.24, 2.45) is 0 Å². The van der Waals surface area contributed by atoms with Crippen LogP contribution in [0.3, 0.4) is 0 Å². The molecule has 154 valence electrons. The first-order valence-electron chi connectivity index (χ1n) is 9.12. The number of benzene rings is 2. The fourth-order valence-electron chi connectivity index (χ4n) is 2.71. The molecule has 6 nitrogen and oxygen atoms in total. The third kappa shape index (κ3) is 5.16. The molecule has 0 aliphatic carbocycles. The van der Waals surface area contributed by atoms with Gasteiger partial charge in [0.05, 0.1) is 27.9 Å². The Balaban J connectivity index is 1.79. The number of nitrogens with zero attached hydrogens (tertiary/aromatic N) is 1. The van der Waals surface area contributed by atoms with Gasteiger partial charge in [0.15, 0.2) is 0 Å². The topological polar surface area (TPSA) is 91.3 Å². The van der Waals surface area contributed by atoms with Crippen molar-refractivity contribution in [3.63, 3.8) is 0 Å². The lowest BCUT2D eigenvalue weighted by Gasteiger charge is -2.12. The van der Waals surface area contributed by atoms with Gasteiger partial charge in [0.2, 0.25) is 0 Å². The highest BCUT2D eigenvalue weighted by Crippen LogP contribution is 2.29. The van der Waals surface area contributed by atoms with E-state index in [-0.39, 0.29) is 23.1 Å². The molecule has 0 radical (unpaired) electrons. The van der Waals surface area contributed by atoms with E-state index in [2.05, 4.69) is 15.6 Å². The van der Waals surface area contributed by atoms with Gasteiger partial charge < -0.3 is 15.7 Å². The van der Waals surface area contributed by atoms with Crippen molar-refractivity contribution in [3.8, 4) is 11.3 Å². The summed E-state index contributed by atoms with van der Waals surface area (Å²) in [6.07, 6.45) is 1.66. The standard InChI is InChI=1S/C22H19Cl2N3O3/c1-13(12-28)26-21(29)14-5-7-16(19(24)10-14)22(30)27-15-6-8-18(23)17(11-15)20-4-2-3-9-25-20/h2-11,13,28H,12H2,1H3,(H,26,29)(H,27,30)/t13-/m0/s1. The highest BCUT2D eigenvalue weighted by Gasteiger charge is 2.16. The molecule has 0 saturated carbocycles. The van der Waals surface area contributed by atoms with Crippen LogP contribution in [0.15, 0.2) is 60.8 Å². The molecular formula is C22H19Cl2N3O3. The van der Waals surface area contributed by atoms with Crippen LogP contribution in [-0.4, -0.2) is 34.6 Å². The minimum Gasteiger partial charge on any atom is -0.394 e. The number of carbonyl (C=O) groups excluding carboxylic acids is 2. The van der Waals surface area contributed by atoms with Crippen LogP contribution in [0.4, 0.5) is 5.69 Å². The first kappa shape index (κ1) is 21.8. The Labute approximate surface area is 183 Å². The highest BCUT2D eigenvalue weighted by atomic mass is 35.5. The van der Waals surface area contributed by atoms with Crippen LogP contribution >= 0.6 is 23.2 Å². The zero-order valence-corrected chi connectivity index (χ0v) is 17.5. The zero-order valence-electron chi connectivity index (χ0n) is 16.0. The summed E-state index contributed by atoms with van der Waals surface area (Å²) in [5.74, 6) is -0.812. The molecule has 1 aromatic heterocycles. The minimum atomic E-state index is -0.426. The van der Waals surface area contributed by atoms with Gasteiger partial charge in [-0.25, -0.2) is 0 Å². The Morgan fingerprint density at radius 3 is 2.50 bits per heavy atom. The van der Waals surface area contributed by atoms with Crippen LogP contribution in [0.2, 0.25) is 10.0 Å². The summed E-state index contributed by atoms with van der Waals surface area (Å²) < 4.78 is 0. The summed E-state index contributed by atoms with van der Waals surface area (Å²) in [4.78, 5) is 29.1. The van der Waals surface area contributed by atoms with E-state index in [0.717, 1.165) is 0 Å². The highest BCUT2D eigenvalue weighted by molar-refractivity contribution is 6.35. The SMILES string of the molecule is C[C@@H](CO)NC(=O)c1ccc(C(=O)Nc2ccc(Cl)c(-c3ccccn3)c2)c(Cl)c1. The van der Waals surface area contributed by atoms with Crippen LogP contribution in [0, 0.1) is 0 Å². The molecule has 2 aromatic carbocycles. The number of nitrogens with one attached hydrogen (secondary N) is 2. The first-order chi connectivity index (χ1) is 14.4. The number of anilines is 1. The van der Waals surface area contributed by atoms with Gasteiger partial charge in [-0.15, -0.1) is 0 Å². The maximum Gasteiger partial charge on any atom is 0.257 e. The van der Waals surface area contributed by atoms with Gasteiger partial charge >= 0.3 is 0 Å². The summed E-state index contributed by atoms with van der Waals surface area (Å²) >= 11 is 12.5. The van der Waals surface area contributed by atoms with E-state index >= 15 is 0 Å². The second-order valence-corrected chi connectivity index (χ2v) is 7.43. The monoisotopic (exact) mass is 443 g/mol. The van der Waals surface area contributed by atoms with Gasteiger partial charge in [0.25, 0.3) is 11.8 Å². The summed E-state index contributed by atoms with van der Waals surface area (Å²) in [6.45, 7) is 1.49. The summed E-state index contributed by atoms with van der Waals surface area (Å²) in [6, 6.07) is 14.6. The molecule has 3 N–H and O–H groups in total. The van der Waals surface area contributed by atoms with E-state index in [0.29, 0.717) is 27.5 Å². The number of aliphatic hydroxyl groups excluding tert-OH is 1. The maximum atomic E-state index is 12.7. The molecule has 0 aliphatic rings. The molecule has 1 heterocycles. The number of halogens is 2. The Morgan fingerprint density at radius 1 is 1.03 bits per heavy atom.